The fourth-order valence-electron chi connectivity index (χ4n) is 0.837. The van der Waals surface area contributed by atoms with Crippen LogP contribution in [0.1, 0.15) is 5.56 Å². The standard InChI is InChI=1S/C9H11NO/c10-9(11)7-6-8-4-2-1-3-5-8/h1-5,7,11H,6,10H2. The second-order valence-electron chi connectivity index (χ2n) is 2.32. The number of aliphatic hydroxyl groups is 1. The summed E-state index contributed by atoms with van der Waals surface area (Å²) in [6, 6.07) is 9.84. The van der Waals surface area contributed by atoms with Gasteiger partial charge in [0.15, 0.2) is 5.88 Å². The summed E-state index contributed by atoms with van der Waals surface area (Å²) >= 11 is 0. The molecular weight excluding hydrogens is 138 g/mol. The molecule has 1 aromatic rings. The molecule has 2 heteroatoms. The smallest absolute Gasteiger partial charge is 0.177 e. The van der Waals surface area contributed by atoms with Crippen LogP contribution in [0, 0.1) is 0 Å². The Morgan fingerprint density at radius 1 is 1.36 bits per heavy atom. The van der Waals surface area contributed by atoms with Crippen LogP contribution in [0.2, 0.25) is 0 Å². The van der Waals surface area contributed by atoms with Gasteiger partial charge < -0.3 is 10.8 Å². The second-order valence-corrected chi connectivity index (χ2v) is 2.32. The Morgan fingerprint density at radius 3 is 2.55 bits per heavy atom. The van der Waals surface area contributed by atoms with E-state index in [2.05, 4.69) is 0 Å². The molecule has 11 heavy (non-hydrogen) atoms. The first-order valence-electron chi connectivity index (χ1n) is 3.47. The van der Waals surface area contributed by atoms with E-state index in [1.807, 2.05) is 30.3 Å². The monoisotopic (exact) mass is 149 g/mol. The highest BCUT2D eigenvalue weighted by atomic mass is 16.3. The Hall–Kier alpha value is -1.44. The molecule has 0 unspecified atom stereocenters. The van der Waals surface area contributed by atoms with E-state index >= 15 is 0 Å². The molecule has 0 spiro atoms. The minimum absolute atomic E-state index is 0.117. The predicted octanol–water partition coefficient (Wildman–Crippen LogP) is 1.59. The van der Waals surface area contributed by atoms with Gasteiger partial charge in [-0.2, -0.15) is 0 Å². The maximum atomic E-state index is 8.65. The zero-order valence-corrected chi connectivity index (χ0v) is 6.20. The van der Waals surface area contributed by atoms with Crippen LogP contribution < -0.4 is 5.73 Å². The zero-order valence-electron chi connectivity index (χ0n) is 6.20. The number of benzene rings is 1. The molecule has 3 N–H and O–H groups in total. The Bertz CT molecular complexity index is 237. The first-order valence-corrected chi connectivity index (χ1v) is 3.47. The van der Waals surface area contributed by atoms with Crippen molar-refractivity contribution in [3.63, 3.8) is 0 Å². The Balaban J connectivity index is 2.59. The summed E-state index contributed by atoms with van der Waals surface area (Å²) in [5.41, 5.74) is 6.20. The Kier molecular flexibility index (Phi) is 2.55. The molecule has 0 heterocycles. The first-order chi connectivity index (χ1) is 5.29. The molecule has 0 aliphatic heterocycles. The topological polar surface area (TPSA) is 46.2 Å². The predicted molar refractivity (Wildman–Crippen MR) is 45.0 cm³/mol. The third-order valence-electron chi connectivity index (χ3n) is 1.39. The normalized spacial score (nSPS) is 11.5. The highest BCUT2D eigenvalue weighted by Crippen LogP contribution is 1.99. The Morgan fingerprint density at radius 2 is 2.00 bits per heavy atom. The fraction of sp³-hybridized carbons (Fsp3) is 0.111. The van der Waals surface area contributed by atoms with Crippen LogP contribution in [0.15, 0.2) is 42.3 Å². The van der Waals surface area contributed by atoms with Crippen LogP contribution in [0.4, 0.5) is 0 Å². The van der Waals surface area contributed by atoms with Crippen molar-refractivity contribution in [2.75, 3.05) is 0 Å². The van der Waals surface area contributed by atoms with Crippen molar-refractivity contribution >= 4 is 0 Å². The average molecular weight is 149 g/mol. The molecule has 58 valence electrons. The molecule has 2 nitrogen and oxygen atoms in total. The summed E-state index contributed by atoms with van der Waals surface area (Å²) in [7, 11) is 0. The summed E-state index contributed by atoms with van der Waals surface area (Å²) in [5, 5.41) is 8.65. The summed E-state index contributed by atoms with van der Waals surface area (Å²) in [6.45, 7) is 0. The van der Waals surface area contributed by atoms with E-state index in [-0.39, 0.29) is 5.88 Å². The minimum atomic E-state index is -0.117. The molecule has 1 aromatic carbocycles. The largest absolute Gasteiger partial charge is 0.495 e. The van der Waals surface area contributed by atoms with Gasteiger partial charge >= 0.3 is 0 Å². The van der Waals surface area contributed by atoms with Crippen LogP contribution in [-0.2, 0) is 6.42 Å². The van der Waals surface area contributed by atoms with Crippen LogP contribution >= 0.6 is 0 Å². The molecule has 0 saturated carbocycles. The molecular formula is C9H11NO. The van der Waals surface area contributed by atoms with Crippen molar-refractivity contribution in [2.45, 2.75) is 6.42 Å². The van der Waals surface area contributed by atoms with Gasteiger partial charge in [-0.3, -0.25) is 0 Å². The van der Waals surface area contributed by atoms with E-state index in [1.54, 1.807) is 6.08 Å². The van der Waals surface area contributed by atoms with Crippen molar-refractivity contribution in [1.29, 1.82) is 0 Å². The van der Waals surface area contributed by atoms with Crippen molar-refractivity contribution in [3.05, 3.63) is 47.9 Å². The number of hydrogen-bond donors (Lipinski definition) is 2. The molecule has 0 radical (unpaired) electrons. The van der Waals surface area contributed by atoms with Crippen LogP contribution in [0.3, 0.4) is 0 Å². The van der Waals surface area contributed by atoms with Gasteiger partial charge in [0.1, 0.15) is 0 Å². The van der Waals surface area contributed by atoms with E-state index in [0.717, 1.165) is 5.56 Å². The van der Waals surface area contributed by atoms with Gasteiger partial charge in [-0.1, -0.05) is 30.3 Å². The fourth-order valence-corrected chi connectivity index (χ4v) is 0.837. The maximum absolute atomic E-state index is 8.65. The van der Waals surface area contributed by atoms with E-state index in [1.165, 1.54) is 0 Å². The summed E-state index contributed by atoms with van der Waals surface area (Å²) in [4.78, 5) is 0. The molecule has 0 aliphatic rings. The molecule has 0 aromatic heterocycles. The molecule has 1 rings (SSSR count). The zero-order chi connectivity index (χ0) is 8.10. The molecule has 0 aliphatic carbocycles. The molecule has 0 bridgehead atoms. The van der Waals surface area contributed by atoms with Gasteiger partial charge in [0.2, 0.25) is 0 Å². The van der Waals surface area contributed by atoms with Crippen LogP contribution in [-0.4, -0.2) is 5.11 Å². The van der Waals surface area contributed by atoms with Gasteiger partial charge in [0.05, 0.1) is 0 Å². The van der Waals surface area contributed by atoms with Crippen LogP contribution in [0.5, 0.6) is 0 Å². The molecule has 0 fully saturated rings. The molecule has 0 amide bonds. The minimum Gasteiger partial charge on any atom is -0.495 e. The third kappa shape index (κ3) is 2.76. The summed E-state index contributed by atoms with van der Waals surface area (Å²) in [6.07, 6.45) is 2.26. The molecule has 0 saturated heterocycles. The number of hydrogen-bond acceptors (Lipinski definition) is 2. The summed E-state index contributed by atoms with van der Waals surface area (Å²) < 4.78 is 0. The van der Waals surface area contributed by atoms with E-state index in [9.17, 15) is 0 Å². The van der Waals surface area contributed by atoms with Gasteiger partial charge in [0.25, 0.3) is 0 Å². The van der Waals surface area contributed by atoms with Gasteiger partial charge in [-0.15, -0.1) is 0 Å². The lowest BCUT2D eigenvalue weighted by Crippen LogP contribution is -1.94. The first kappa shape index (κ1) is 7.66. The highest BCUT2D eigenvalue weighted by Gasteiger charge is 1.87. The van der Waals surface area contributed by atoms with Gasteiger partial charge in [-0.05, 0) is 18.1 Å². The maximum Gasteiger partial charge on any atom is 0.177 e. The number of nitrogens with two attached hydrogens (primary N) is 1. The summed E-state index contributed by atoms with van der Waals surface area (Å²) in [5.74, 6) is -0.117. The van der Waals surface area contributed by atoms with Crippen LogP contribution in [0.25, 0.3) is 0 Å². The van der Waals surface area contributed by atoms with Gasteiger partial charge in [-0.25, -0.2) is 0 Å². The molecule has 0 atom stereocenters. The number of allylic oxidation sites excluding steroid dienone is 1. The third-order valence-corrected chi connectivity index (χ3v) is 1.39. The number of rotatable bonds is 2. The number of aliphatic hydroxyl groups excluding tert-OH is 1. The lowest BCUT2D eigenvalue weighted by molar-refractivity contribution is 0.403. The second kappa shape index (κ2) is 3.66. The van der Waals surface area contributed by atoms with E-state index in [4.69, 9.17) is 10.8 Å². The Labute approximate surface area is 66.0 Å². The van der Waals surface area contributed by atoms with Gasteiger partial charge in [0, 0.05) is 0 Å². The lowest BCUT2D eigenvalue weighted by atomic mass is 10.1. The van der Waals surface area contributed by atoms with Crippen molar-refractivity contribution in [2.24, 2.45) is 5.73 Å². The van der Waals surface area contributed by atoms with Crippen molar-refractivity contribution in [3.8, 4) is 0 Å². The quantitative estimate of drug-likeness (QED) is 0.627. The van der Waals surface area contributed by atoms with E-state index in [0.29, 0.717) is 6.42 Å². The van der Waals surface area contributed by atoms with E-state index < -0.39 is 0 Å². The SMILES string of the molecule is NC(O)=CCc1ccccc1. The van der Waals surface area contributed by atoms with Crippen molar-refractivity contribution in [1.82, 2.24) is 0 Å². The lowest BCUT2D eigenvalue weighted by Gasteiger charge is -1.94. The average Bonchev–Trinajstić information content (AvgIpc) is 2.03. The van der Waals surface area contributed by atoms with Crippen molar-refractivity contribution < 1.29 is 5.11 Å². The highest BCUT2D eigenvalue weighted by molar-refractivity contribution is 5.17.